The number of para-hydroxylation sites is 1. The van der Waals surface area contributed by atoms with E-state index >= 15 is 0 Å². The summed E-state index contributed by atoms with van der Waals surface area (Å²) in [4.78, 5) is 24.4. The van der Waals surface area contributed by atoms with Crippen molar-refractivity contribution in [2.45, 2.75) is 6.92 Å². The van der Waals surface area contributed by atoms with Crippen LogP contribution in [0, 0.1) is 6.92 Å². The maximum Gasteiger partial charge on any atom is 0.292 e. The number of nitrogens with one attached hydrogen (secondary N) is 2. The Hall–Kier alpha value is -3.49. The molecule has 0 unspecified atom stereocenters. The van der Waals surface area contributed by atoms with E-state index < -0.39 is 5.91 Å². The lowest BCUT2D eigenvalue weighted by molar-refractivity contribution is 0.0951. The van der Waals surface area contributed by atoms with E-state index in [-0.39, 0.29) is 11.3 Å². The summed E-state index contributed by atoms with van der Waals surface area (Å²) in [5.74, 6) is -0.578. The molecular formula is C20H14Cl2N6O2. The van der Waals surface area contributed by atoms with E-state index in [0.717, 1.165) is 0 Å². The number of aryl methyl sites for hydroxylation is 1. The molecular weight excluding hydrogens is 427 g/mol. The lowest BCUT2D eigenvalue weighted by Crippen LogP contribution is -2.22. The van der Waals surface area contributed by atoms with Gasteiger partial charge >= 0.3 is 0 Å². The number of rotatable bonds is 4. The first kappa shape index (κ1) is 19.8. The van der Waals surface area contributed by atoms with Gasteiger partial charge in [-0.2, -0.15) is 15.3 Å². The highest BCUT2D eigenvalue weighted by molar-refractivity contribution is 6.34. The number of carbonyl (C=O) groups is 1. The Morgan fingerprint density at radius 2 is 1.83 bits per heavy atom. The summed E-state index contributed by atoms with van der Waals surface area (Å²) in [5, 5.41) is 16.1. The van der Waals surface area contributed by atoms with E-state index in [1.54, 1.807) is 43.3 Å². The second-order valence-corrected chi connectivity index (χ2v) is 7.06. The van der Waals surface area contributed by atoms with Gasteiger partial charge in [0.05, 0.1) is 33.6 Å². The molecule has 0 saturated carbocycles. The number of fused-ring (bicyclic) bond motifs is 1. The summed E-state index contributed by atoms with van der Waals surface area (Å²) in [5.41, 5.74) is 3.83. The lowest BCUT2D eigenvalue weighted by Gasteiger charge is -2.05. The number of carbonyl (C=O) groups excluding carboxylic acids is 1. The molecule has 0 radical (unpaired) electrons. The van der Waals surface area contributed by atoms with Crippen LogP contribution in [0.3, 0.4) is 0 Å². The average molecular weight is 441 g/mol. The minimum atomic E-state index is -0.578. The molecule has 1 amide bonds. The molecule has 2 aromatic heterocycles. The van der Waals surface area contributed by atoms with Crippen molar-refractivity contribution >= 4 is 46.1 Å². The highest BCUT2D eigenvalue weighted by Crippen LogP contribution is 2.26. The van der Waals surface area contributed by atoms with Crippen molar-refractivity contribution in [1.29, 1.82) is 0 Å². The molecule has 4 rings (SSSR count). The molecule has 30 heavy (non-hydrogen) atoms. The van der Waals surface area contributed by atoms with Crippen LogP contribution in [0.5, 0.6) is 0 Å². The predicted molar refractivity (Wildman–Crippen MR) is 116 cm³/mol. The zero-order valence-corrected chi connectivity index (χ0v) is 17.1. The Kier molecular flexibility index (Phi) is 5.35. The monoisotopic (exact) mass is 440 g/mol. The molecule has 0 spiro atoms. The van der Waals surface area contributed by atoms with Crippen LogP contribution in [-0.4, -0.2) is 32.1 Å². The Morgan fingerprint density at radius 1 is 1.13 bits per heavy atom. The van der Waals surface area contributed by atoms with Crippen LogP contribution in [0.25, 0.3) is 16.5 Å². The number of H-pyrrole nitrogens is 1. The maximum absolute atomic E-state index is 12.5. The predicted octanol–water partition coefficient (Wildman–Crippen LogP) is 3.49. The molecule has 2 aromatic carbocycles. The first-order valence-electron chi connectivity index (χ1n) is 8.78. The van der Waals surface area contributed by atoms with Crippen molar-refractivity contribution in [2.75, 3.05) is 0 Å². The number of nitrogens with zero attached hydrogens (tertiary/aromatic N) is 4. The van der Waals surface area contributed by atoms with Gasteiger partial charge in [0.15, 0.2) is 5.69 Å². The van der Waals surface area contributed by atoms with Gasteiger partial charge in [0.25, 0.3) is 11.5 Å². The van der Waals surface area contributed by atoms with Gasteiger partial charge in [0.1, 0.15) is 5.15 Å². The van der Waals surface area contributed by atoms with Gasteiger partial charge in [-0.05, 0) is 25.1 Å². The molecule has 4 aromatic rings. The molecule has 0 fully saturated rings. The number of hydrogen-bond acceptors (Lipinski definition) is 5. The van der Waals surface area contributed by atoms with Crippen LogP contribution in [0.15, 0.2) is 58.4 Å². The summed E-state index contributed by atoms with van der Waals surface area (Å²) < 4.78 is 1.50. The number of aromatic amines is 1. The van der Waals surface area contributed by atoms with Crippen molar-refractivity contribution in [3.05, 3.63) is 86.0 Å². The Morgan fingerprint density at radius 3 is 2.60 bits per heavy atom. The third kappa shape index (κ3) is 3.58. The number of halogens is 2. The van der Waals surface area contributed by atoms with Crippen molar-refractivity contribution in [2.24, 2.45) is 5.10 Å². The van der Waals surface area contributed by atoms with E-state index in [0.29, 0.717) is 37.9 Å². The molecule has 0 saturated heterocycles. The van der Waals surface area contributed by atoms with Crippen LogP contribution in [0.2, 0.25) is 10.2 Å². The average Bonchev–Trinajstić information content (AvgIpc) is 3.02. The molecule has 2 heterocycles. The Labute approximate surface area is 180 Å². The molecule has 0 aliphatic rings. The third-order valence-electron chi connectivity index (χ3n) is 4.40. The maximum atomic E-state index is 12.5. The summed E-state index contributed by atoms with van der Waals surface area (Å²) in [6, 6.07) is 13.8. The van der Waals surface area contributed by atoms with E-state index in [1.165, 1.54) is 10.9 Å². The van der Waals surface area contributed by atoms with E-state index in [2.05, 4.69) is 25.8 Å². The summed E-state index contributed by atoms with van der Waals surface area (Å²) in [7, 11) is 0. The normalized spacial score (nSPS) is 11.3. The zero-order chi connectivity index (χ0) is 21.3. The fourth-order valence-electron chi connectivity index (χ4n) is 2.94. The van der Waals surface area contributed by atoms with Crippen LogP contribution in [0.4, 0.5) is 0 Å². The summed E-state index contributed by atoms with van der Waals surface area (Å²) in [6.07, 6.45) is 1.39. The van der Waals surface area contributed by atoms with Gasteiger partial charge in [0, 0.05) is 5.39 Å². The van der Waals surface area contributed by atoms with Crippen molar-refractivity contribution in [3.63, 3.8) is 0 Å². The number of amides is 1. The first-order chi connectivity index (χ1) is 14.5. The lowest BCUT2D eigenvalue weighted by atomic mass is 10.1. The smallest absolute Gasteiger partial charge is 0.267 e. The van der Waals surface area contributed by atoms with Crippen molar-refractivity contribution < 1.29 is 4.79 Å². The van der Waals surface area contributed by atoms with E-state index in [9.17, 15) is 9.59 Å². The van der Waals surface area contributed by atoms with Gasteiger partial charge in [-0.3, -0.25) is 9.59 Å². The number of hydrogen-bond donors (Lipinski definition) is 2. The van der Waals surface area contributed by atoms with Crippen LogP contribution < -0.4 is 11.0 Å². The number of benzene rings is 2. The van der Waals surface area contributed by atoms with Gasteiger partial charge in [-0.1, -0.05) is 53.5 Å². The molecule has 0 bridgehead atoms. The molecule has 10 heteroatoms. The topological polar surface area (TPSA) is 105 Å². The highest BCUT2D eigenvalue weighted by atomic mass is 35.5. The Bertz CT molecular complexity index is 1360. The fraction of sp³-hybridized carbons (Fsp3) is 0.0500. The highest BCUT2D eigenvalue weighted by Gasteiger charge is 2.16. The van der Waals surface area contributed by atoms with Gasteiger partial charge < -0.3 is 0 Å². The molecule has 150 valence electrons. The number of hydrazone groups is 1. The largest absolute Gasteiger partial charge is 0.292 e. The minimum Gasteiger partial charge on any atom is -0.267 e. The minimum absolute atomic E-state index is 0.0527. The summed E-state index contributed by atoms with van der Waals surface area (Å²) in [6.45, 7) is 1.76. The molecule has 0 aliphatic heterocycles. The van der Waals surface area contributed by atoms with Crippen LogP contribution in [0.1, 0.15) is 21.7 Å². The fourth-order valence-corrected chi connectivity index (χ4v) is 3.47. The van der Waals surface area contributed by atoms with Gasteiger partial charge in [0.2, 0.25) is 0 Å². The quantitative estimate of drug-likeness (QED) is 0.374. The third-order valence-corrected chi connectivity index (χ3v) is 5.08. The molecule has 8 nitrogen and oxygen atoms in total. The van der Waals surface area contributed by atoms with Gasteiger partial charge in [-0.25, -0.2) is 15.2 Å². The number of aromatic nitrogens is 4. The molecule has 2 N–H and O–H groups in total. The van der Waals surface area contributed by atoms with Crippen molar-refractivity contribution in [1.82, 2.24) is 25.4 Å². The summed E-state index contributed by atoms with van der Waals surface area (Å²) >= 11 is 12.7. The molecule has 0 aliphatic carbocycles. The first-order valence-corrected chi connectivity index (χ1v) is 9.54. The van der Waals surface area contributed by atoms with Gasteiger partial charge in [-0.15, -0.1) is 0 Å². The standard InChI is InChI=1S/C20H14Cl2N6O2/c1-11-14(18(22)28(27-11)16-9-5-4-8-15(16)21)10-23-25-20(30)17-12-6-2-3-7-13(12)19(29)26-24-17/h2-10H,1H3,(H,25,30)(H,26,29)/b23-10+. The molecule has 0 atom stereocenters. The van der Waals surface area contributed by atoms with E-state index in [1.807, 2.05) is 12.1 Å². The Balaban J connectivity index is 1.60. The second-order valence-electron chi connectivity index (χ2n) is 6.30. The SMILES string of the molecule is Cc1nn(-c2ccccc2Cl)c(Cl)c1/C=N/NC(=O)c1n[nH]c(=O)c2ccccc12. The van der Waals surface area contributed by atoms with E-state index in [4.69, 9.17) is 23.2 Å². The second kappa shape index (κ2) is 8.10. The zero-order valence-electron chi connectivity index (χ0n) is 15.6. The van der Waals surface area contributed by atoms with Crippen molar-refractivity contribution in [3.8, 4) is 5.69 Å². The van der Waals surface area contributed by atoms with Crippen LogP contribution >= 0.6 is 23.2 Å². The van der Waals surface area contributed by atoms with Crippen LogP contribution in [-0.2, 0) is 0 Å².